The Morgan fingerprint density at radius 1 is 0.690 bits per heavy atom. The Bertz CT molecular complexity index is 792. The lowest BCUT2D eigenvalue weighted by atomic mass is 10.2. The lowest BCUT2D eigenvalue weighted by Crippen LogP contribution is -2.41. The average Bonchev–Trinajstić information content (AvgIpc) is 2.76. The molecule has 2 amide bonds. The lowest BCUT2D eigenvalue weighted by Gasteiger charge is -2.13. The van der Waals surface area contributed by atoms with Gasteiger partial charge in [0, 0.05) is 0 Å². The van der Waals surface area contributed by atoms with Gasteiger partial charge in [0.05, 0.1) is 24.3 Å². The monoisotopic (exact) mass is 398 g/mol. The van der Waals surface area contributed by atoms with Gasteiger partial charge in [0.15, 0.2) is 0 Å². The second-order valence-corrected chi connectivity index (χ2v) is 6.66. The van der Waals surface area contributed by atoms with Gasteiger partial charge in [-0.2, -0.15) is 0 Å². The summed E-state index contributed by atoms with van der Waals surface area (Å²) in [4.78, 5) is 25.0. The number of benzene rings is 2. The highest BCUT2D eigenvalue weighted by Crippen LogP contribution is 2.19. The number of hydrazine groups is 1. The van der Waals surface area contributed by atoms with Gasteiger partial charge in [-0.1, -0.05) is 57.4 Å². The van der Waals surface area contributed by atoms with Crippen LogP contribution in [-0.2, 0) is 0 Å². The highest BCUT2D eigenvalue weighted by Gasteiger charge is 2.16. The Hall–Kier alpha value is -3.02. The zero-order chi connectivity index (χ0) is 20.9. The molecule has 0 aliphatic rings. The summed E-state index contributed by atoms with van der Waals surface area (Å²) in [5, 5.41) is 0. The Kier molecular flexibility index (Phi) is 9.55. The van der Waals surface area contributed by atoms with Gasteiger partial charge in [-0.25, -0.2) is 0 Å². The van der Waals surface area contributed by atoms with Crippen molar-refractivity contribution in [2.24, 2.45) is 0 Å². The standard InChI is InChI=1S/C23H30N2O4/c1-3-5-6-11-17-29-21-15-10-8-13-19(21)23(27)25-24-22(26)18-12-7-9-14-20(18)28-16-4-2/h7-10,12-15H,3-6,11,16-17H2,1-2H3,(H,24,26)(H,25,27). The van der Waals surface area contributed by atoms with E-state index in [1.165, 1.54) is 6.42 Å². The van der Waals surface area contributed by atoms with E-state index in [4.69, 9.17) is 9.47 Å². The summed E-state index contributed by atoms with van der Waals surface area (Å²) in [7, 11) is 0. The van der Waals surface area contributed by atoms with Gasteiger partial charge in [0.25, 0.3) is 11.8 Å². The Balaban J connectivity index is 1.95. The molecule has 6 heteroatoms. The van der Waals surface area contributed by atoms with Crippen molar-refractivity contribution in [1.29, 1.82) is 0 Å². The SMILES string of the molecule is CCCCCCOc1ccccc1C(=O)NNC(=O)c1ccccc1OCCC. The molecule has 0 saturated heterocycles. The van der Waals surface area contributed by atoms with E-state index in [0.29, 0.717) is 35.8 Å². The second kappa shape index (κ2) is 12.4. The van der Waals surface area contributed by atoms with Crippen molar-refractivity contribution in [3.8, 4) is 11.5 Å². The van der Waals surface area contributed by atoms with Crippen LogP contribution >= 0.6 is 0 Å². The van der Waals surface area contributed by atoms with E-state index in [9.17, 15) is 9.59 Å². The van der Waals surface area contributed by atoms with Crippen molar-refractivity contribution >= 4 is 11.8 Å². The first kappa shape index (κ1) is 22.3. The predicted molar refractivity (Wildman–Crippen MR) is 113 cm³/mol. The van der Waals surface area contributed by atoms with Crippen molar-refractivity contribution in [3.05, 3.63) is 59.7 Å². The largest absolute Gasteiger partial charge is 0.493 e. The van der Waals surface area contributed by atoms with Crippen LogP contribution in [0.4, 0.5) is 0 Å². The number of nitrogens with one attached hydrogen (secondary N) is 2. The maximum atomic E-state index is 12.6. The summed E-state index contributed by atoms with van der Waals surface area (Å²) < 4.78 is 11.4. The van der Waals surface area contributed by atoms with Crippen molar-refractivity contribution in [2.75, 3.05) is 13.2 Å². The average molecular weight is 399 g/mol. The molecule has 0 aliphatic heterocycles. The molecular weight excluding hydrogens is 368 g/mol. The molecule has 0 radical (unpaired) electrons. The minimum absolute atomic E-state index is 0.363. The van der Waals surface area contributed by atoms with Crippen LogP contribution in [0, 0.1) is 0 Å². The molecule has 2 aromatic rings. The second-order valence-electron chi connectivity index (χ2n) is 6.66. The number of amides is 2. The zero-order valence-corrected chi connectivity index (χ0v) is 17.2. The number of carbonyl (C=O) groups is 2. The molecule has 0 fully saturated rings. The molecule has 6 nitrogen and oxygen atoms in total. The van der Waals surface area contributed by atoms with Crippen LogP contribution in [-0.4, -0.2) is 25.0 Å². The normalized spacial score (nSPS) is 10.3. The molecule has 0 heterocycles. The third kappa shape index (κ3) is 7.14. The van der Waals surface area contributed by atoms with Crippen molar-refractivity contribution < 1.29 is 19.1 Å². The molecule has 2 rings (SSSR count). The maximum absolute atomic E-state index is 12.6. The van der Waals surface area contributed by atoms with Gasteiger partial charge >= 0.3 is 0 Å². The van der Waals surface area contributed by atoms with Crippen LogP contribution in [0.1, 0.15) is 66.7 Å². The van der Waals surface area contributed by atoms with Crippen LogP contribution in [0.5, 0.6) is 11.5 Å². The quantitative estimate of drug-likeness (QED) is 0.431. The molecule has 0 atom stereocenters. The van der Waals surface area contributed by atoms with E-state index < -0.39 is 11.8 Å². The first-order chi connectivity index (χ1) is 14.2. The molecule has 0 unspecified atom stereocenters. The van der Waals surface area contributed by atoms with E-state index >= 15 is 0 Å². The van der Waals surface area contributed by atoms with Crippen molar-refractivity contribution in [2.45, 2.75) is 46.0 Å². The van der Waals surface area contributed by atoms with Gasteiger partial charge in [-0.05, 0) is 37.1 Å². The summed E-state index contributed by atoms with van der Waals surface area (Å²) in [6, 6.07) is 13.9. The molecule has 0 spiro atoms. The number of ether oxygens (including phenoxy) is 2. The third-order valence-electron chi connectivity index (χ3n) is 4.27. The number of hydrogen-bond donors (Lipinski definition) is 2. The number of hydrogen-bond acceptors (Lipinski definition) is 4. The summed E-state index contributed by atoms with van der Waals surface area (Å²) in [6.45, 7) is 5.22. The molecule has 2 N–H and O–H groups in total. The summed E-state index contributed by atoms with van der Waals surface area (Å²) >= 11 is 0. The highest BCUT2D eigenvalue weighted by molar-refractivity contribution is 6.01. The Morgan fingerprint density at radius 2 is 1.21 bits per heavy atom. The fourth-order valence-corrected chi connectivity index (χ4v) is 2.73. The molecule has 156 valence electrons. The predicted octanol–water partition coefficient (Wildman–Crippen LogP) is 4.51. The minimum atomic E-state index is -0.442. The molecule has 0 bridgehead atoms. The number of carbonyl (C=O) groups excluding carboxylic acids is 2. The van der Waals surface area contributed by atoms with E-state index in [1.807, 2.05) is 13.0 Å². The Morgan fingerprint density at radius 3 is 1.72 bits per heavy atom. The van der Waals surface area contributed by atoms with Gasteiger partial charge in [-0.15, -0.1) is 0 Å². The molecular formula is C23H30N2O4. The number of rotatable bonds is 11. The van der Waals surface area contributed by atoms with Crippen LogP contribution in [0.25, 0.3) is 0 Å². The highest BCUT2D eigenvalue weighted by atomic mass is 16.5. The first-order valence-electron chi connectivity index (χ1n) is 10.2. The van der Waals surface area contributed by atoms with E-state index in [2.05, 4.69) is 17.8 Å². The third-order valence-corrected chi connectivity index (χ3v) is 4.27. The van der Waals surface area contributed by atoms with Crippen molar-refractivity contribution in [3.63, 3.8) is 0 Å². The van der Waals surface area contributed by atoms with Crippen molar-refractivity contribution in [1.82, 2.24) is 10.9 Å². The van der Waals surface area contributed by atoms with E-state index in [0.717, 1.165) is 25.7 Å². The fourth-order valence-electron chi connectivity index (χ4n) is 2.73. The topological polar surface area (TPSA) is 76.7 Å². The van der Waals surface area contributed by atoms with Gasteiger partial charge in [-0.3, -0.25) is 20.4 Å². The summed E-state index contributed by atoms with van der Waals surface area (Å²) in [6.07, 6.45) is 5.20. The number of para-hydroxylation sites is 2. The molecule has 0 aliphatic carbocycles. The molecule has 29 heavy (non-hydrogen) atoms. The van der Waals surface area contributed by atoms with Crippen LogP contribution in [0.15, 0.2) is 48.5 Å². The Labute approximate surface area is 172 Å². The van der Waals surface area contributed by atoms with Gasteiger partial charge in [0.2, 0.25) is 0 Å². The van der Waals surface area contributed by atoms with Crippen LogP contribution in [0.3, 0.4) is 0 Å². The van der Waals surface area contributed by atoms with Crippen LogP contribution < -0.4 is 20.3 Å². The zero-order valence-electron chi connectivity index (χ0n) is 17.2. The van der Waals surface area contributed by atoms with Gasteiger partial charge in [0.1, 0.15) is 11.5 Å². The molecule has 0 aromatic heterocycles. The van der Waals surface area contributed by atoms with Crippen LogP contribution in [0.2, 0.25) is 0 Å². The first-order valence-corrected chi connectivity index (χ1v) is 10.2. The molecule has 2 aromatic carbocycles. The van der Waals surface area contributed by atoms with E-state index in [1.54, 1.807) is 42.5 Å². The number of unbranched alkanes of at least 4 members (excludes halogenated alkanes) is 3. The minimum Gasteiger partial charge on any atom is -0.493 e. The maximum Gasteiger partial charge on any atom is 0.273 e. The molecule has 0 saturated carbocycles. The van der Waals surface area contributed by atoms with E-state index in [-0.39, 0.29) is 0 Å². The summed E-state index contributed by atoms with van der Waals surface area (Å²) in [5.74, 6) is 0.108. The summed E-state index contributed by atoms with van der Waals surface area (Å²) in [5.41, 5.74) is 5.65. The van der Waals surface area contributed by atoms with Gasteiger partial charge < -0.3 is 9.47 Å². The smallest absolute Gasteiger partial charge is 0.273 e. The lowest BCUT2D eigenvalue weighted by molar-refractivity contribution is 0.0842. The fraction of sp³-hybridized carbons (Fsp3) is 0.391.